The Kier molecular flexibility index (Phi) is 2.68. The lowest BCUT2D eigenvalue weighted by molar-refractivity contribution is -0.149. The van der Waals surface area contributed by atoms with Gasteiger partial charge in [0, 0.05) is 12.2 Å². The largest absolute Gasteiger partial charge is 0.427 e. The van der Waals surface area contributed by atoms with Crippen molar-refractivity contribution in [3.05, 3.63) is 11.3 Å². The summed E-state index contributed by atoms with van der Waals surface area (Å²) >= 11 is 7.35. The van der Waals surface area contributed by atoms with Crippen molar-refractivity contribution >= 4 is 29.3 Å². The summed E-state index contributed by atoms with van der Waals surface area (Å²) in [5, 5.41) is 0. The lowest BCUT2D eigenvalue weighted by atomic mass is 10.1. The number of hydrogen-bond donors (Lipinski definition) is 0. The maximum Gasteiger partial charge on any atom is 0.370 e. The van der Waals surface area contributed by atoms with Crippen LogP contribution in [0.4, 0.5) is 0 Å². The normalized spacial score (nSPS) is 37.2. The molecule has 0 amide bonds. The van der Waals surface area contributed by atoms with E-state index in [0.717, 1.165) is 30.8 Å². The molecule has 2 fully saturated rings. The molecule has 1 heterocycles. The number of carbonyl (C=O) groups is 1. The standard InChI is InChI=1S/C11H13ClO3S/c12-11(14-3-4-16-11)10(13)15-9-6-7-1-2-8(9)5-7/h7H,1-6H2. The first-order chi connectivity index (χ1) is 7.67. The number of alkyl halides is 1. The second-order valence-electron chi connectivity index (χ2n) is 4.46. The molecule has 1 saturated carbocycles. The number of fused-ring (bicyclic) bond motifs is 2. The highest BCUT2D eigenvalue weighted by Gasteiger charge is 2.45. The average Bonchev–Trinajstić information content (AvgIpc) is 2.93. The Labute approximate surface area is 103 Å². The molecule has 3 rings (SSSR count). The van der Waals surface area contributed by atoms with Gasteiger partial charge in [-0.05, 0) is 30.8 Å². The average molecular weight is 261 g/mol. The molecule has 5 heteroatoms. The van der Waals surface area contributed by atoms with Crippen molar-refractivity contribution in [2.24, 2.45) is 5.92 Å². The first-order valence-electron chi connectivity index (χ1n) is 5.57. The molecule has 0 N–H and O–H groups in total. The predicted octanol–water partition coefficient (Wildman–Crippen LogP) is 2.64. The van der Waals surface area contributed by atoms with Crippen molar-refractivity contribution in [1.82, 2.24) is 0 Å². The smallest absolute Gasteiger partial charge is 0.370 e. The van der Waals surface area contributed by atoms with E-state index >= 15 is 0 Å². The topological polar surface area (TPSA) is 35.5 Å². The third-order valence-corrected chi connectivity index (χ3v) is 4.99. The van der Waals surface area contributed by atoms with E-state index in [1.54, 1.807) is 0 Å². The van der Waals surface area contributed by atoms with Gasteiger partial charge in [0.05, 0.1) is 6.61 Å². The summed E-state index contributed by atoms with van der Waals surface area (Å²) in [6.45, 7) is 0.512. The molecule has 0 aromatic rings. The van der Waals surface area contributed by atoms with Gasteiger partial charge in [-0.15, -0.1) is 0 Å². The van der Waals surface area contributed by atoms with Crippen molar-refractivity contribution in [3.63, 3.8) is 0 Å². The SMILES string of the molecule is O=C(OC1=C2CCC(C2)C1)C1(Cl)OCCS1. The fourth-order valence-corrected chi connectivity index (χ4v) is 3.66. The monoisotopic (exact) mass is 260 g/mol. The van der Waals surface area contributed by atoms with Crippen molar-refractivity contribution in [1.29, 1.82) is 0 Å². The van der Waals surface area contributed by atoms with Gasteiger partial charge in [0.1, 0.15) is 5.76 Å². The number of esters is 1. The molecule has 88 valence electrons. The Morgan fingerprint density at radius 3 is 3.00 bits per heavy atom. The van der Waals surface area contributed by atoms with Gasteiger partial charge in [-0.1, -0.05) is 23.4 Å². The molecule has 0 spiro atoms. The van der Waals surface area contributed by atoms with E-state index < -0.39 is 10.4 Å². The van der Waals surface area contributed by atoms with Crippen molar-refractivity contribution in [2.75, 3.05) is 12.4 Å². The minimum absolute atomic E-state index is 0.452. The van der Waals surface area contributed by atoms with E-state index in [1.807, 2.05) is 0 Å². The fraction of sp³-hybridized carbons (Fsp3) is 0.727. The molecule has 16 heavy (non-hydrogen) atoms. The lowest BCUT2D eigenvalue weighted by Gasteiger charge is -2.19. The minimum Gasteiger partial charge on any atom is -0.427 e. The van der Waals surface area contributed by atoms with E-state index in [2.05, 4.69) is 0 Å². The van der Waals surface area contributed by atoms with E-state index in [9.17, 15) is 4.79 Å². The number of allylic oxidation sites excluding steroid dienone is 2. The summed E-state index contributed by atoms with van der Waals surface area (Å²) in [7, 11) is 0. The molecule has 1 saturated heterocycles. The van der Waals surface area contributed by atoms with Crippen LogP contribution in [0.15, 0.2) is 11.3 Å². The number of rotatable bonds is 2. The lowest BCUT2D eigenvalue weighted by Crippen LogP contribution is -2.30. The van der Waals surface area contributed by atoms with Gasteiger partial charge >= 0.3 is 5.97 Å². The number of carbonyl (C=O) groups excluding carboxylic acids is 1. The van der Waals surface area contributed by atoms with Crippen LogP contribution in [0.25, 0.3) is 0 Å². The van der Waals surface area contributed by atoms with Gasteiger partial charge in [-0.25, -0.2) is 4.79 Å². The van der Waals surface area contributed by atoms with Gasteiger partial charge in [-0.3, -0.25) is 0 Å². The highest BCUT2D eigenvalue weighted by atomic mass is 35.5. The molecule has 0 aromatic carbocycles. The minimum atomic E-state index is -1.30. The second kappa shape index (κ2) is 3.93. The van der Waals surface area contributed by atoms with Crippen molar-refractivity contribution < 1.29 is 14.3 Å². The summed E-state index contributed by atoms with van der Waals surface area (Å²) in [5.41, 5.74) is 1.31. The van der Waals surface area contributed by atoms with Crippen LogP contribution in [0.1, 0.15) is 25.7 Å². The van der Waals surface area contributed by atoms with Crippen LogP contribution in [0.5, 0.6) is 0 Å². The van der Waals surface area contributed by atoms with Crippen molar-refractivity contribution in [3.8, 4) is 0 Å². The molecule has 2 unspecified atom stereocenters. The van der Waals surface area contributed by atoms with Gasteiger partial charge in [-0.2, -0.15) is 0 Å². The summed E-state index contributed by atoms with van der Waals surface area (Å²) in [5.74, 6) is 1.85. The highest BCUT2D eigenvalue weighted by molar-refractivity contribution is 8.02. The van der Waals surface area contributed by atoms with Crippen LogP contribution in [0, 0.1) is 5.92 Å². The maximum atomic E-state index is 11.9. The summed E-state index contributed by atoms with van der Waals surface area (Å²) in [6, 6.07) is 0. The molecular formula is C11H13ClO3S. The van der Waals surface area contributed by atoms with Gasteiger partial charge < -0.3 is 9.47 Å². The molecule has 0 radical (unpaired) electrons. The maximum absolute atomic E-state index is 11.9. The third kappa shape index (κ3) is 1.77. The first kappa shape index (κ1) is 10.9. The van der Waals surface area contributed by atoms with Crippen LogP contribution in [0.2, 0.25) is 0 Å². The predicted molar refractivity (Wildman–Crippen MR) is 62.1 cm³/mol. The van der Waals surface area contributed by atoms with Gasteiger partial charge in [0.15, 0.2) is 0 Å². The molecule has 0 aromatic heterocycles. The molecule has 2 atom stereocenters. The Bertz CT molecular complexity index is 360. The zero-order valence-corrected chi connectivity index (χ0v) is 10.4. The molecule has 1 aliphatic heterocycles. The van der Waals surface area contributed by atoms with E-state index in [4.69, 9.17) is 21.1 Å². The van der Waals surface area contributed by atoms with Gasteiger partial charge in [0.2, 0.25) is 0 Å². The Hall–Kier alpha value is -0.190. The Balaban J connectivity index is 1.69. The molecule has 2 bridgehead atoms. The fourth-order valence-electron chi connectivity index (χ4n) is 2.56. The number of halogens is 1. The van der Waals surface area contributed by atoms with Crippen LogP contribution in [0.3, 0.4) is 0 Å². The van der Waals surface area contributed by atoms with Gasteiger partial charge in [0.25, 0.3) is 4.39 Å². The molecule has 2 aliphatic carbocycles. The summed E-state index contributed by atoms with van der Waals surface area (Å²) in [6.07, 6.45) is 4.33. The zero-order valence-electron chi connectivity index (χ0n) is 8.83. The van der Waals surface area contributed by atoms with Crippen LogP contribution >= 0.6 is 23.4 Å². The second-order valence-corrected chi connectivity index (χ2v) is 6.49. The highest BCUT2D eigenvalue weighted by Crippen LogP contribution is 2.46. The van der Waals surface area contributed by atoms with Crippen LogP contribution in [-0.4, -0.2) is 22.7 Å². The quantitative estimate of drug-likeness (QED) is 0.565. The Morgan fingerprint density at radius 2 is 2.44 bits per heavy atom. The van der Waals surface area contributed by atoms with E-state index in [1.165, 1.54) is 23.8 Å². The van der Waals surface area contributed by atoms with Crippen LogP contribution < -0.4 is 0 Å². The van der Waals surface area contributed by atoms with Crippen LogP contribution in [-0.2, 0) is 14.3 Å². The summed E-state index contributed by atoms with van der Waals surface area (Å²) in [4.78, 5) is 11.9. The molecule has 3 nitrogen and oxygen atoms in total. The number of hydrogen-bond acceptors (Lipinski definition) is 4. The molecular weight excluding hydrogens is 248 g/mol. The first-order valence-corrected chi connectivity index (χ1v) is 6.94. The zero-order chi connectivity index (χ0) is 11.2. The Morgan fingerprint density at radius 1 is 1.56 bits per heavy atom. The number of ether oxygens (including phenoxy) is 2. The molecule has 3 aliphatic rings. The summed E-state index contributed by atoms with van der Waals surface area (Å²) < 4.78 is 9.32. The van der Waals surface area contributed by atoms with Crippen molar-refractivity contribution in [2.45, 2.75) is 30.1 Å². The third-order valence-electron chi connectivity index (χ3n) is 3.38. The van der Waals surface area contributed by atoms with E-state index in [0.29, 0.717) is 12.5 Å². The van der Waals surface area contributed by atoms with E-state index in [-0.39, 0.29) is 0 Å². The number of thioether (sulfide) groups is 1.